The number of fused-ring (bicyclic) bond motifs is 1. The molecule has 2 rings (SSSR count). The third kappa shape index (κ3) is 2.53. The van der Waals surface area contributed by atoms with Crippen molar-refractivity contribution in [3.8, 4) is 0 Å². The molecule has 0 radical (unpaired) electrons. The Bertz CT molecular complexity index is 278. The summed E-state index contributed by atoms with van der Waals surface area (Å²) in [5.41, 5.74) is 1.52. The third-order valence-electron chi connectivity index (χ3n) is 2.36. The first-order valence-corrected chi connectivity index (χ1v) is 6.91. The van der Waals surface area contributed by atoms with Crippen molar-refractivity contribution in [1.29, 1.82) is 0 Å². The van der Waals surface area contributed by atoms with Crippen LogP contribution in [0.15, 0.2) is 29.2 Å². The van der Waals surface area contributed by atoms with E-state index in [1.54, 1.807) is 0 Å². The minimum absolute atomic E-state index is 0.728. The molecule has 1 aromatic carbocycles. The van der Waals surface area contributed by atoms with Crippen LogP contribution in [-0.2, 0) is 6.42 Å². The van der Waals surface area contributed by atoms with Crippen LogP contribution in [0.4, 0.5) is 0 Å². The summed E-state index contributed by atoms with van der Waals surface area (Å²) >= 11 is 5.43. The standard InChI is InChI=1S/C11H14BrNS/c12-5-6-13-8-10-7-9-3-1-2-4-11(9)14-10/h1-4,10,13H,5-8H2. The van der Waals surface area contributed by atoms with Gasteiger partial charge in [0.25, 0.3) is 0 Å². The van der Waals surface area contributed by atoms with Gasteiger partial charge in [0.05, 0.1) is 0 Å². The molecule has 0 spiro atoms. The summed E-state index contributed by atoms with van der Waals surface area (Å²) in [7, 11) is 0. The topological polar surface area (TPSA) is 12.0 Å². The lowest BCUT2D eigenvalue weighted by Gasteiger charge is -2.08. The van der Waals surface area contributed by atoms with E-state index in [0.29, 0.717) is 0 Å². The average Bonchev–Trinajstić information content (AvgIpc) is 2.60. The lowest BCUT2D eigenvalue weighted by molar-refractivity contribution is 0.695. The summed E-state index contributed by atoms with van der Waals surface area (Å²) in [5.74, 6) is 0. The summed E-state index contributed by atoms with van der Waals surface area (Å²) in [6, 6.07) is 8.73. The van der Waals surface area contributed by atoms with Gasteiger partial charge in [-0.05, 0) is 18.1 Å². The molecule has 1 unspecified atom stereocenters. The molecule has 0 saturated heterocycles. The molecule has 1 heterocycles. The van der Waals surface area contributed by atoms with Crippen LogP contribution in [-0.4, -0.2) is 23.7 Å². The molecule has 0 bridgehead atoms. The predicted octanol–water partition coefficient (Wildman–Crippen LogP) is 2.69. The third-order valence-corrected chi connectivity index (χ3v) is 4.07. The second kappa shape index (κ2) is 5.19. The van der Waals surface area contributed by atoms with Crippen LogP contribution in [0, 0.1) is 0 Å². The van der Waals surface area contributed by atoms with Crippen LogP contribution in [0.3, 0.4) is 0 Å². The number of rotatable bonds is 4. The zero-order valence-corrected chi connectivity index (χ0v) is 10.4. The SMILES string of the molecule is BrCCNCC1Cc2ccccc2S1. The minimum atomic E-state index is 0.728. The molecule has 1 aromatic rings. The van der Waals surface area contributed by atoms with Crippen molar-refractivity contribution in [3.63, 3.8) is 0 Å². The number of alkyl halides is 1. The second-order valence-corrected chi connectivity index (χ2v) is 5.58. The summed E-state index contributed by atoms with van der Waals surface area (Å²) in [5, 5.41) is 5.21. The molecule has 0 fully saturated rings. The highest BCUT2D eigenvalue weighted by Gasteiger charge is 2.20. The number of hydrogen-bond acceptors (Lipinski definition) is 2. The van der Waals surface area contributed by atoms with Crippen molar-refractivity contribution < 1.29 is 0 Å². The van der Waals surface area contributed by atoms with E-state index in [1.165, 1.54) is 16.9 Å². The van der Waals surface area contributed by atoms with Crippen molar-refractivity contribution in [2.75, 3.05) is 18.4 Å². The normalized spacial score (nSPS) is 19.6. The van der Waals surface area contributed by atoms with E-state index in [0.717, 1.165) is 23.7 Å². The fourth-order valence-corrected chi connectivity index (χ4v) is 3.26. The number of nitrogens with one attached hydrogen (secondary N) is 1. The molecule has 0 amide bonds. The Morgan fingerprint density at radius 1 is 1.43 bits per heavy atom. The van der Waals surface area contributed by atoms with E-state index in [4.69, 9.17) is 0 Å². The van der Waals surface area contributed by atoms with Crippen LogP contribution in [0.5, 0.6) is 0 Å². The Kier molecular flexibility index (Phi) is 3.90. The summed E-state index contributed by atoms with van der Waals surface area (Å²) in [4.78, 5) is 1.47. The molecular formula is C11H14BrNS. The lowest BCUT2D eigenvalue weighted by atomic mass is 10.1. The zero-order chi connectivity index (χ0) is 9.80. The Hall–Kier alpha value is 0.01000. The number of hydrogen-bond donors (Lipinski definition) is 1. The molecule has 1 nitrogen and oxygen atoms in total. The van der Waals surface area contributed by atoms with Gasteiger partial charge in [0.1, 0.15) is 0 Å². The summed E-state index contributed by atoms with van der Waals surface area (Å²) in [6.07, 6.45) is 1.22. The number of benzene rings is 1. The highest BCUT2D eigenvalue weighted by atomic mass is 79.9. The quantitative estimate of drug-likeness (QED) is 0.668. The minimum Gasteiger partial charge on any atom is -0.315 e. The summed E-state index contributed by atoms with van der Waals surface area (Å²) < 4.78 is 0. The highest BCUT2D eigenvalue weighted by Crippen LogP contribution is 2.36. The fraction of sp³-hybridized carbons (Fsp3) is 0.455. The first-order valence-electron chi connectivity index (χ1n) is 4.91. The van der Waals surface area contributed by atoms with E-state index in [1.807, 2.05) is 11.8 Å². The van der Waals surface area contributed by atoms with E-state index >= 15 is 0 Å². The monoisotopic (exact) mass is 271 g/mol. The smallest absolute Gasteiger partial charge is 0.0260 e. The fourth-order valence-electron chi connectivity index (χ4n) is 1.70. The number of thioether (sulfide) groups is 1. The maximum Gasteiger partial charge on any atom is 0.0260 e. The van der Waals surface area contributed by atoms with Gasteiger partial charge in [-0.15, -0.1) is 11.8 Å². The van der Waals surface area contributed by atoms with Gasteiger partial charge in [-0.1, -0.05) is 34.1 Å². The van der Waals surface area contributed by atoms with Gasteiger partial charge in [-0.25, -0.2) is 0 Å². The first kappa shape index (κ1) is 10.5. The molecular weight excluding hydrogens is 258 g/mol. The van der Waals surface area contributed by atoms with E-state index in [2.05, 4.69) is 45.5 Å². The van der Waals surface area contributed by atoms with Gasteiger partial charge in [0.2, 0.25) is 0 Å². The average molecular weight is 272 g/mol. The van der Waals surface area contributed by atoms with Gasteiger partial charge in [-0.2, -0.15) is 0 Å². The predicted molar refractivity (Wildman–Crippen MR) is 66.5 cm³/mol. The van der Waals surface area contributed by atoms with Crippen molar-refractivity contribution in [3.05, 3.63) is 29.8 Å². The van der Waals surface area contributed by atoms with Crippen molar-refractivity contribution >= 4 is 27.7 Å². The maximum absolute atomic E-state index is 3.44. The van der Waals surface area contributed by atoms with Gasteiger partial charge < -0.3 is 5.32 Å². The van der Waals surface area contributed by atoms with E-state index < -0.39 is 0 Å². The van der Waals surface area contributed by atoms with Gasteiger partial charge >= 0.3 is 0 Å². The van der Waals surface area contributed by atoms with Crippen LogP contribution < -0.4 is 5.32 Å². The molecule has 1 aliphatic heterocycles. The summed E-state index contributed by atoms with van der Waals surface area (Å²) in [6.45, 7) is 2.18. The molecule has 14 heavy (non-hydrogen) atoms. The molecule has 0 aliphatic carbocycles. The number of halogens is 1. The molecule has 1 aliphatic rings. The van der Waals surface area contributed by atoms with Crippen molar-refractivity contribution in [2.45, 2.75) is 16.6 Å². The van der Waals surface area contributed by atoms with Crippen molar-refractivity contribution in [1.82, 2.24) is 5.32 Å². The lowest BCUT2D eigenvalue weighted by Crippen LogP contribution is -2.25. The zero-order valence-electron chi connectivity index (χ0n) is 8.00. The molecule has 76 valence electrons. The maximum atomic E-state index is 3.44. The largest absolute Gasteiger partial charge is 0.315 e. The Morgan fingerprint density at radius 3 is 3.07 bits per heavy atom. The van der Waals surface area contributed by atoms with Crippen LogP contribution in [0.1, 0.15) is 5.56 Å². The van der Waals surface area contributed by atoms with E-state index in [9.17, 15) is 0 Å². The second-order valence-electron chi connectivity index (χ2n) is 3.44. The van der Waals surface area contributed by atoms with Crippen LogP contribution in [0.2, 0.25) is 0 Å². The molecule has 1 N–H and O–H groups in total. The van der Waals surface area contributed by atoms with Crippen LogP contribution >= 0.6 is 27.7 Å². The highest BCUT2D eigenvalue weighted by molar-refractivity contribution is 9.09. The van der Waals surface area contributed by atoms with Crippen molar-refractivity contribution in [2.24, 2.45) is 0 Å². The van der Waals surface area contributed by atoms with Crippen LogP contribution in [0.25, 0.3) is 0 Å². The van der Waals surface area contributed by atoms with Gasteiger partial charge in [0.15, 0.2) is 0 Å². The Labute approximate surface area is 97.8 Å². The van der Waals surface area contributed by atoms with Gasteiger partial charge in [-0.3, -0.25) is 0 Å². The Balaban J connectivity index is 1.86. The van der Waals surface area contributed by atoms with E-state index in [-0.39, 0.29) is 0 Å². The Morgan fingerprint density at radius 2 is 2.29 bits per heavy atom. The molecule has 0 saturated carbocycles. The molecule has 1 atom stereocenters. The molecule has 3 heteroatoms. The molecule has 0 aromatic heterocycles. The first-order chi connectivity index (χ1) is 6.90. The van der Waals surface area contributed by atoms with Gasteiger partial charge in [0, 0.05) is 28.6 Å².